The molecular formula is C10H6BrN3S. The molecule has 0 radical (unpaired) electrons. The predicted octanol–water partition coefficient (Wildman–Crippen LogP) is 2.71. The van der Waals surface area contributed by atoms with Crippen LogP contribution in [-0.4, -0.2) is 22.3 Å². The topological polar surface area (TPSA) is 37.1 Å². The number of hydrogen-bond acceptors (Lipinski definition) is 4. The predicted molar refractivity (Wildman–Crippen MR) is 68.0 cm³/mol. The summed E-state index contributed by atoms with van der Waals surface area (Å²) in [5, 5.41) is 9.85. The van der Waals surface area contributed by atoms with E-state index in [1.165, 1.54) is 0 Å². The van der Waals surface area contributed by atoms with Gasteiger partial charge in [-0.1, -0.05) is 28.1 Å². The third-order valence-electron chi connectivity index (χ3n) is 2.15. The van der Waals surface area contributed by atoms with Crippen molar-refractivity contribution in [2.24, 2.45) is 15.2 Å². The van der Waals surface area contributed by atoms with Crippen LogP contribution in [0.3, 0.4) is 0 Å². The zero-order valence-electron chi connectivity index (χ0n) is 7.59. The standard InChI is InChI=1S/C10H6BrN3S/c11-7-3-1-2-6(4-7)9-13-8-5-12-14-10(8)15-9/h1-5,8H/t8-/m0/s1. The van der Waals surface area contributed by atoms with E-state index >= 15 is 0 Å². The Morgan fingerprint density at radius 2 is 2.27 bits per heavy atom. The van der Waals surface area contributed by atoms with Crippen molar-refractivity contribution in [3.8, 4) is 0 Å². The van der Waals surface area contributed by atoms with E-state index in [-0.39, 0.29) is 6.04 Å². The molecule has 0 amide bonds. The van der Waals surface area contributed by atoms with Crippen LogP contribution >= 0.6 is 27.7 Å². The lowest BCUT2D eigenvalue weighted by molar-refractivity contribution is 1.22. The first-order valence-corrected chi connectivity index (χ1v) is 6.06. The summed E-state index contributed by atoms with van der Waals surface area (Å²) in [5.41, 5.74) is 1.12. The van der Waals surface area contributed by atoms with Crippen LogP contribution in [0.1, 0.15) is 5.56 Å². The lowest BCUT2D eigenvalue weighted by atomic mass is 10.2. The maximum atomic E-state index is 4.54. The highest BCUT2D eigenvalue weighted by atomic mass is 79.9. The number of halogens is 1. The molecule has 0 saturated carbocycles. The summed E-state index contributed by atoms with van der Waals surface area (Å²) in [5.74, 6) is 0. The molecule has 1 aromatic rings. The van der Waals surface area contributed by atoms with Crippen molar-refractivity contribution in [2.75, 3.05) is 0 Å². The van der Waals surface area contributed by atoms with Crippen LogP contribution in [0.25, 0.3) is 0 Å². The van der Waals surface area contributed by atoms with Gasteiger partial charge in [-0.2, -0.15) is 5.10 Å². The fourth-order valence-electron chi connectivity index (χ4n) is 1.45. The number of hydrogen-bond donors (Lipinski definition) is 0. The monoisotopic (exact) mass is 279 g/mol. The van der Waals surface area contributed by atoms with Crippen LogP contribution in [0.4, 0.5) is 0 Å². The average Bonchev–Trinajstić information content (AvgIpc) is 2.76. The van der Waals surface area contributed by atoms with Crippen LogP contribution < -0.4 is 0 Å². The molecule has 2 aliphatic heterocycles. The van der Waals surface area contributed by atoms with Gasteiger partial charge in [-0.05, 0) is 23.9 Å². The van der Waals surface area contributed by atoms with Crippen molar-refractivity contribution < 1.29 is 0 Å². The van der Waals surface area contributed by atoms with Crippen molar-refractivity contribution in [3.63, 3.8) is 0 Å². The lowest BCUT2D eigenvalue weighted by Gasteiger charge is -1.99. The molecule has 1 atom stereocenters. The second-order valence-electron chi connectivity index (χ2n) is 3.19. The Labute approximate surface area is 99.5 Å². The third-order valence-corrected chi connectivity index (χ3v) is 3.71. The zero-order chi connectivity index (χ0) is 10.3. The molecule has 0 bridgehead atoms. The molecule has 0 aromatic heterocycles. The largest absolute Gasteiger partial charge is 0.261 e. The molecule has 0 aliphatic carbocycles. The van der Waals surface area contributed by atoms with Crippen LogP contribution in [0, 0.1) is 0 Å². The summed E-state index contributed by atoms with van der Waals surface area (Å²) in [6.45, 7) is 0. The maximum absolute atomic E-state index is 4.54. The number of nitrogens with zero attached hydrogens (tertiary/aromatic N) is 3. The van der Waals surface area contributed by atoms with Crippen molar-refractivity contribution in [2.45, 2.75) is 6.04 Å². The van der Waals surface area contributed by atoms with Gasteiger partial charge in [0.25, 0.3) is 0 Å². The molecule has 15 heavy (non-hydrogen) atoms. The van der Waals surface area contributed by atoms with Gasteiger partial charge in [0.2, 0.25) is 0 Å². The molecule has 74 valence electrons. The van der Waals surface area contributed by atoms with Crippen molar-refractivity contribution in [1.29, 1.82) is 0 Å². The van der Waals surface area contributed by atoms with Gasteiger partial charge < -0.3 is 0 Å². The molecule has 0 spiro atoms. The molecule has 0 fully saturated rings. The Hall–Kier alpha value is -0.940. The molecule has 0 N–H and O–H groups in total. The zero-order valence-corrected chi connectivity index (χ0v) is 9.99. The highest BCUT2D eigenvalue weighted by Gasteiger charge is 2.28. The molecule has 5 heteroatoms. The van der Waals surface area contributed by atoms with Gasteiger partial charge in [-0.3, -0.25) is 4.99 Å². The first kappa shape index (κ1) is 9.30. The summed E-state index contributed by atoms with van der Waals surface area (Å²) in [4.78, 5) is 4.54. The highest BCUT2D eigenvalue weighted by Crippen LogP contribution is 2.28. The van der Waals surface area contributed by atoms with E-state index in [4.69, 9.17) is 0 Å². The van der Waals surface area contributed by atoms with Gasteiger partial charge in [-0.25, -0.2) is 0 Å². The Morgan fingerprint density at radius 1 is 1.33 bits per heavy atom. The second-order valence-corrected chi connectivity index (χ2v) is 5.12. The van der Waals surface area contributed by atoms with E-state index in [2.05, 4.69) is 43.3 Å². The van der Waals surface area contributed by atoms with E-state index in [1.54, 1.807) is 18.0 Å². The normalized spacial score (nSPS) is 22.6. The minimum absolute atomic E-state index is 0.0592. The van der Waals surface area contributed by atoms with Gasteiger partial charge in [0.15, 0.2) is 0 Å². The van der Waals surface area contributed by atoms with E-state index in [0.717, 1.165) is 20.1 Å². The average molecular weight is 280 g/mol. The first-order chi connectivity index (χ1) is 7.33. The molecule has 0 saturated heterocycles. The van der Waals surface area contributed by atoms with E-state index < -0.39 is 0 Å². The van der Waals surface area contributed by atoms with Crippen molar-refractivity contribution in [1.82, 2.24) is 0 Å². The van der Waals surface area contributed by atoms with E-state index in [1.807, 2.05) is 12.1 Å². The molecular weight excluding hydrogens is 274 g/mol. The van der Waals surface area contributed by atoms with E-state index in [9.17, 15) is 0 Å². The molecule has 2 aliphatic rings. The molecule has 3 rings (SSSR count). The molecule has 0 unspecified atom stereocenters. The Balaban J connectivity index is 1.97. The minimum Gasteiger partial charge on any atom is -0.261 e. The van der Waals surface area contributed by atoms with Crippen LogP contribution in [0.5, 0.6) is 0 Å². The van der Waals surface area contributed by atoms with Crippen molar-refractivity contribution in [3.05, 3.63) is 34.3 Å². The van der Waals surface area contributed by atoms with Gasteiger partial charge in [0, 0.05) is 10.0 Å². The number of benzene rings is 1. The van der Waals surface area contributed by atoms with Crippen LogP contribution in [0.15, 0.2) is 43.9 Å². The third kappa shape index (κ3) is 1.66. The quantitative estimate of drug-likeness (QED) is 0.779. The second kappa shape index (κ2) is 3.57. The molecule has 3 nitrogen and oxygen atoms in total. The van der Waals surface area contributed by atoms with Crippen LogP contribution in [-0.2, 0) is 0 Å². The fourth-order valence-corrected chi connectivity index (χ4v) is 2.78. The lowest BCUT2D eigenvalue weighted by Crippen LogP contribution is -2.06. The summed E-state index contributed by atoms with van der Waals surface area (Å²) < 4.78 is 1.07. The summed E-state index contributed by atoms with van der Waals surface area (Å²) >= 11 is 5.05. The number of thioether (sulfide) groups is 1. The smallest absolute Gasteiger partial charge is 0.138 e. The Bertz CT molecular complexity index is 507. The number of rotatable bonds is 1. The summed E-state index contributed by atoms with van der Waals surface area (Å²) in [6, 6.07) is 8.18. The Kier molecular flexibility index (Phi) is 2.21. The fraction of sp³-hybridized carbons (Fsp3) is 0.100. The van der Waals surface area contributed by atoms with Crippen LogP contribution in [0.2, 0.25) is 0 Å². The number of fused-ring (bicyclic) bond motifs is 1. The minimum atomic E-state index is 0.0592. The summed E-state index contributed by atoms with van der Waals surface area (Å²) in [6.07, 6.45) is 1.77. The first-order valence-electron chi connectivity index (χ1n) is 4.45. The van der Waals surface area contributed by atoms with Gasteiger partial charge in [0.05, 0.1) is 6.21 Å². The van der Waals surface area contributed by atoms with Gasteiger partial charge in [-0.15, -0.1) is 5.10 Å². The highest BCUT2D eigenvalue weighted by molar-refractivity contribution is 9.10. The number of aliphatic imine (C=N–C) groups is 1. The van der Waals surface area contributed by atoms with Crippen molar-refractivity contribution >= 4 is 44.0 Å². The van der Waals surface area contributed by atoms with Gasteiger partial charge in [0.1, 0.15) is 16.1 Å². The van der Waals surface area contributed by atoms with E-state index in [0.29, 0.717) is 0 Å². The Morgan fingerprint density at radius 3 is 3.07 bits per heavy atom. The molecule has 1 aromatic carbocycles. The van der Waals surface area contributed by atoms with Gasteiger partial charge >= 0.3 is 0 Å². The SMILES string of the molecule is Brc1cccc(C2=N[C@H]3C=NN=C3S2)c1. The maximum Gasteiger partial charge on any atom is 0.138 e. The molecule has 2 heterocycles. The summed E-state index contributed by atoms with van der Waals surface area (Å²) in [7, 11) is 0.